The van der Waals surface area contributed by atoms with Crippen LogP contribution in [0, 0.1) is 10.1 Å². The summed E-state index contributed by atoms with van der Waals surface area (Å²) in [6.07, 6.45) is 2.81. The van der Waals surface area contributed by atoms with Crippen molar-refractivity contribution in [2.45, 2.75) is 32.2 Å². The number of carbonyl (C=O) groups excluding carboxylic acids is 4. The topological polar surface area (TPSA) is 127 Å². The van der Waals surface area contributed by atoms with Crippen LogP contribution in [0.3, 0.4) is 0 Å². The first-order valence-electron chi connectivity index (χ1n) is 8.90. The molecule has 10 nitrogen and oxygen atoms in total. The van der Waals surface area contributed by atoms with E-state index in [9.17, 15) is 29.3 Å². The van der Waals surface area contributed by atoms with Crippen molar-refractivity contribution in [2.24, 2.45) is 0 Å². The first kappa shape index (κ1) is 19.5. The number of likely N-dealkylation sites (tertiary alicyclic amines) is 1. The van der Waals surface area contributed by atoms with Crippen LogP contribution in [0.25, 0.3) is 0 Å². The third kappa shape index (κ3) is 3.57. The van der Waals surface area contributed by atoms with Crippen LogP contribution in [-0.4, -0.2) is 64.2 Å². The molecule has 0 bridgehead atoms. The fourth-order valence-corrected chi connectivity index (χ4v) is 3.48. The Kier molecular flexibility index (Phi) is 5.39. The molecule has 3 amide bonds. The first-order valence-corrected chi connectivity index (χ1v) is 8.90. The highest BCUT2D eigenvalue weighted by atomic mass is 16.6. The Morgan fingerprint density at radius 3 is 2.68 bits per heavy atom. The third-order valence-electron chi connectivity index (χ3n) is 4.94. The highest BCUT2D eigenvalue weighted by Crippen LogP contribution is 2.30. The van der Waals surface area contributed by atoms with E-state index in [1.807, 2.05) is 6.92 Å². The number of esters is 1. The van der Waals surface area contributed by atoms with Gasteiger partial charge in [0.1, 0.15) is 12.1 Å². The molecule has 0 saturated carbocycles. The van der Waals surface area contributed by atoms with E-state index in [-0.39, 0.29) is 23.1 Å². The lowest BCUT2D eigenvalue weighted by Crippen LogP contribution is -2.44. The van der Waals surface area contributed by atoms with E-state index in [1.165, 1.54) is 12.1 Å². The number of nitro groups is 1. The summed E-state index contributed by atoms with van der Waals surface area (Å²) in [5.74, 6) is -3.01. The van der Waals surface area contributed by atoms with Crippen molar-refractivity contribution in [3.05, 3.63) is 39.4 Å². The van der Waals surface area contributed by atoms with Crippen molar-refractivity contribution in [1.82, 2.24) is 9.80 Å². The van der Waals surface area contributed by atoms with Gasteiger partial charge >= 0.3 is 5.97 Å². The second-order valence-corrected chi connectivity index (χ2v) is 6.75. The molecule has 148 valence electrons. The first-order chi connectivity index (χ1) is 13.3. The monoisotopic (exact) mass is 389 g/mol. The molecule has 0 spiro atoms. The van der Waals surface area contributed by atoms with Gasteiger partial charge in [-0.1, -0.05) is 6.07 Å². The molecule has 3 rings (SSSR count). The van der Waals surface area contributed by atoms with Crippen LogP contribution in [0.1, 0.15) is 46.9 Å². The molecule has 1 atom stereocenters. The van der Waals surface area contributed by atoms with Gasteiger partial charge in [-0.15, -0.1) is 0 Å². The molecule has 10 heteroatoms. The van der Waals surface area contributed by atoms with E-state index in [0.29, 0.717) is 11.4 Å². The van der Waals surface area contributed by atoms with Crippen LogP contribution in [-0.2, 0) is 14.3 Å². The number of benzene rings is 1. The average Bonchev–Trinajstić information content (AvgIpc) is 2.91. The Balaban J connectivity index is 1.62. The standard InChI is InChI=1S/C18H19N3O7/c1-11-5-2-3-8-19(11)14(22)10-28-15(23)9-20-17(24)12-6-4-7-13(21(26)27)16(12)18(20)25/h4,6-7,11H,2-3,5,8-10H2,1H3/t11-/m1/s1. The number of ether oxygens (including phenoxy) is 1. The van der Waals surface area contributed by atoms with Gasteiger partial charge in [-0.3, -0.25) is 34.2 Å². The van der Waals surface area contributed by atoms with Crippen LogP contribution >= 0.6 is 0 Å². The van der Waals surface area contributed by atoms with Crippen molar-refractivity contribution in [3.63, 3.8) is 0 Å². The molecule has 2 aliphatic rings. The minimum absolute atomic E-state index is 0.0664. The fraction of sp³-hybridized carbons (Fsp3) is 0.444. The number of fused-ring (bicyclic) bond motifs is 1. The summed E-state index contributed by atoms with van der Waals surface area (Å²) in [5.41, 5.74) is -0.977. The van der Waals surface area contributed by atoms with Gasteiger partial charge in [0.15, 0.2) is 6.61 Å². The van der Waals surface area contributed by atoms with Crippen molar-refractivity contribution in [1.29, 1.82) is 0 Å². The molecule has 0 N–H and O–H groups in total. The minimum Gasteiger partial charge on any atom is -0.454 e. The molecule has 1 saturated heterocycles. The SMILES string of the molecule is C[C@@H]1CCCCN1C(=O)COC(=O)CN1C(=O)c2cccc([N+](=O)[O-])c2C1=O. The Bertz CT molecular complexity index is 867. The zero-order valence-electron chi connectivity index (χ0n) is 15.3. The molecule has 0 unspecified atom stereocenters. The van der Waals surface area contributed by atoms with Crippen LogP contribution < -0.4 is 0 Å². The Morgan fingerprint density at radius 2 is 2.00 bits per heavy atom. The highest BCUT2D eigenvalue weighted by molar-refractivity contribution is 6.24. The number of imide groups is 1. The van der Waals surface area contributed by atoms with Gasteiger partial charge in [-0.2, -0.15) is 0 Å². The summed E-state index contributed by atoms with van der Waals surface area (Å²) >= 11 is 0. The van der Waals surface area contributed by atoms with Gasteiger partial charge in [0.25, 0.3) is 23.4 Å². The molecule has 1 aromatic rings. The van der Waals surface area contributed by atoms with E-state index < -0.39 is 41.5 Å². The smallest absolute Gasteiger partial charge is 0.326 e. The number of amides is 3. The summed E-state index contributed by atoms with van der Waals surface area (Å²) in [6.45, 7) is 1.32. The molecular weight excluding hydrogens is 370 g/mol. The predicted molar refractivity (Wildman–Crippen MR) is 94.4 cm³/mol. The van der Waals surface area contributed by atoms with E-state index >= 15 is 0 Å². The second kappa shape index (κ2) is 7.75. The summed E-state index contributed by atoms with van der Waals surface area (Å²) in [4.78, 5) is 61.6. The maximum Gasteiger partial charge on any atom is 0.326 e. The number of nitrogens with zero attached hydrogens (tertiary/aromatic N) is 3. The van der Waals surface area contributed by atoms with Gasteiger partial charge in [0, 0.05) is 18.7 Å². The van der Waals surface area contributed by atoms with Crippen LogP contribution in [0.2, 0.25) is 0 Å². The number of hydrogen-bond donors (Lipinski definition) is 0. The Morgan fingerprint density at radius 1 is 1.25 bits per heavy atom. The molecule has 0 radical (unpaired) electrons. The minimum atomic E-state index is -0.935. The van der Waals surface area contributed by atoms with Gasteiger partial charge in [0.2, 0.25) is 0 Å². The van der Waals surface area contributed by atoms with E-state index in [2.05, 4.69) is 0 Å². The van der Waals surface area contributed by atoms with Gasteiger partial charge in [-0.05, 0) is 32.3 Å². The number of carbonyl (C=O) groups is 4. The fourth-order valence-electron chi connectivity index (χ4n) is 3.48. The molecule has 1 fully saturated rings. The maximum absolute atomic E-state index is 12.4. The number of hydrogen-bond acceptors (Lipinski definition) is 7. The van der Waals surface area contributed by atoms with Crippen molar-refractivity contribution in [3.8, 4) is 0 Å². The molecule has 0 aliphatic carbocycles. The number of rotatable bonds is 5. The highest BCUT2D eigenvalue weighted by Gasteiger charge is 2.42. The summed E-state index contributed by atoms with van der Waals surface area (Å²) in [7, 11) is 0. The zero-order chi connectivity index (χ0) is 20.4. The maximum atomic E-state index is 12.4. The number of piperidine rings is 1. The van der Waals surface area contributed by atoms with Crippen LogP contribution in [0.4, 0.5) is 5.69 Å². The Labute approximate surface area is 160 Å². The molecule has 2 heterocycles. The largest absolute Gasteiger partial charge is 0.454 e. The molecule has 2 aliphatic heterocycles. The van der Waals surface area contributed by atoms with Crippen LogP contribution in [0.15, 0.2) is 18.2 Å². The average molecular weight is 389 g/mol. The molecule has 28 heavy (non-hydrogen) atoms. The summed E-state index contributed by atoms with van der Waals surface area (Å²) in [6, 6.07) is 3.76. The normalized spacial score (nSPS) is 18.8. The molecule has 1 aromatic carbocycles. The quantitative estimate of drug-likeness (QED) is 0.320. The summed E-state index contributed by atoms with van der Waals surface area (Å²) in [5, 5.41) is 11.1. The third-order valence-corrected chi connectivity index (χ3v) is 4.94. The van der Waals surface area contributed by atoms with Gasteiger partial charge in [0.05, 0.1) is 10.5 Å². The Hall–Kier alpha value is -3.30. The molecule has 0 aromatic heterocycles. The van der Waals surface area contributed by atoms with Gasteiger partial charge in [-0.25, -0.2) is 0 Å². The van der Waals surface area contributed by atoms with Crippen molar-refractivity contribution >= 4 is 29.4 Å². The summed E-state index contributed by atoms with van der Waals surface area (Å²) < 4.78 is 4.93. The van der Waals surface area contributed by atoms with Crippen LogP contribution in [0.5, 0.6) is 0 Å². The van der Waals surface area contributed by atoms with E-state index in [4.69, 9.17) is 4.74 Å². The number of nitro benzene ring substituents is 1. The predicted octanol–water partition coefficient (Wildman–Crippen LogP) is 1.14. The van der Waals surface area contributed by atoms with E-state index in [0.717, 1.165) is 25.3 Å². The van der Waals surface area contributed by atoms with Gasteiger partial charge < -0.3 is 9.64 Å². The lowest BCUT2D eigenvalue weighted by molar-refractivity contribution is -0.385. The second-order valence-electron chi connectivity index (χ2n) is 6.75. The van der Waals surface area contributed by atoms with Crippen molar-refractivity contribution in [2.75, 3.05) is 19.7 Å². The molecular formula is C18H19N3O7. The van der Waals surface area contributed by atoms with E-state index in [1.54, 1.807) is 4.90 Å². The lowest BCUT2D eigenvalue weighted by atomic mass is 10.0. The zero-order valence-corrected chi connectivity index (χ0v) is 15.3. The van der Waals surface area contributed by atoms with Crippen molar-refractivity contribution < 1.29 is 28.8 Å². The lowest BCUT2D eigenvalue weighted by Gasteiger charge is -2.33.